The third kappa shape index (κ3) is 6.72. The van der Waals surface area contributed by atoms with Gasteiger partial charge in [-0.1, -0.05) is 54.1 Å². The van der Waals surface area contributed by atoms with Gasteiger partial charge in [-0.25, -0.2) is 13.1 Å². The monoisotopic (exact) mass is 374 g/mol. The lowest BCUT2D eigenvalue weighted by Crippen LogP contribution is -2.27. The second-order valence-corrected chi connectivity index (χ2v) is 7.81. The van der Waals surface area contributed by atoms with Crippen LogP contribution in [-0.2, 0) is 21.3 Å². The molecule has 2 aromatic rings. The molecule has 0 atom stereocenters. The quantitative estimate of drug-likeness (QED) is 0.628. The minimum absolute atomic E-state index is 0.259. The van der Waals surface area contributed by atoms with E-state index in [0.29, 0.717) is 13.2 Å². The van der Waals surface area contributed by atoms with Crippen LogP contribution >= 0.6 is 0 Å². The summed E-state index contributed by atoms with van der Waals surface area (Å²) in [6.07, 6.45) is 2.15. The summed E-state index contributed by atoms with van der Waals surface area (Å²) < 4.78 is 31.6. The Morgan fingerprint density at radius 2 is 1.77 bits per heavy atom. The fraction of sp³-hybridized carbons (Fsp3) is 0.300. The molecule has 0 aliphatic heterocycles. The Kier molecular flexibility index (Phi) is 8.00. The number of methoxy groups -OCH3 is 1. The van der Waals surface area contributed by atoms with Crippen molar-refractivity contribution in [3.05, 3.63) is 71.3 Å². The van der Waals surface area contributed by atoms with Crippen molar-refractivity contribution in [1.82, 2.24) is 10.0 Å². The molecule has 0 radical (unpaired) electrons. The normalized spacial score (nSPS) is 12.3. The second kappa shape index (κ2) is 10.2. The molecule has 0 aliphatic rings. The van der Waals surface area contributed by atoms with Gasteiger partial charge in [0, 0.05) is 26.7 Å². The molecule has 0 saturated heterocycles. The molecular formula is C20H26N2O3S. The summed E-state index contributed by atoms with van der Waals surface area (Å²) in [5.74, 6) is 0. The van der Waals surface area contributed by atoms with E-state index in [0.717, 1.165) is 12.1 Å². The summed E-state index contributed by atoms with van der Waals surface area (Å²) in [7, 11) is -1.94. The standard InChI is InChI=1S/C20H26N2O3S/c1-17(14-18-6-4-3-5-7-18)15-21-16-19-8-10-20(11-9-19)26(23,24)22-12-13-25-2/h3-11,14,21-22H,12-13,15-16H2,1-2H3/b17-14+. The number of hydrogen-bond acceptors (Lipinski definition) is 4. The van der Waals surface area contributed by atoms with E-state index in [1.807, 2.05) is 30.3 Å². The molecule has 6 heteroatoms. The van der Waals surface area contributed by atoms with Gasteiger partial charge in [0.2, 0.25) is 10.0 Å². The minimum Gasteiger partial charge on any atom is -0.383 e. The van der Waals surface area contributed by atoms with Crippen LogP contribution in [0.15, 0.2) is 65.1 Å². The summed E-state index contributed by atoms with van der Waals surface area (Å²) in [5, 5.41) is 3.37. The van der Waals surface area contributed by atoms with Crippen molar-refractivity contribution in [1.29, 1.82) is 0 Å². The van der Waals surface area contributed by atoms with Crippen LogP contribution in [0.25, 0.3) is 6.08 Å². The smallest absolute Gasteiger partial charge is 0.240 e. The van der Waals surface area contributed by atoms with Crippen LogP contribution in [-0.4, -0.2) is 35.2 Å². The highest BCUT2D eigenvalue weighted by Gasteiger charge is 2.12. The van der Waals surface area contributed by atoms with E-state index in [1.165, 1.54) is 18.2 Å². The second-order valence-electron chi connectivity index (χ2n) is 6.04. The molecule has 5 nitrogen and oxygen atoms in total. The Labute approximate surface area is 156 Å². The largest absolute Gasteiger partial charge is 0.383 e. The molecule has 0 fully saturated rings. The first-order valence-electron chi connectivity index (χ1n) is 8.52. The van der Waals surface area contributed by atoms with Crippen LogP contribution < -0.4 is 10.0 Å². The maximum Gasteiger partial charge on any atom is 0.240 e. The van der Waals surface area contributed by atoms with Crippen LogP contribution in [0.4, 0.5) is 0 Å². The highest BCUT2D eigenvalue weighted by atomic mass is 32.2. The molecule has 26 heavy (non-hydrogen) atoms. The number of rotatable bonds is 10. The van der Waals surface area contributed by atoms with Crippen molar-refractivity contribution in [2.75, 3.05) is 26.8 Å². The van der Waals surface area contributed by atoms with Crippen molar-refractivity contribution in [2.24, 2.45) is 0 Å². The van der Waals surface area contributed by atoms with E-state index in [-0.39, 0.29) is 11.4 Å². The minimum atomic E-state index is -3.48. The van der Waals surface area contributed by atoms with Gasteiger partial charge in [-0.3, -0.25) is 0 Å². The van der Waals surface area contributed by atoms with Gasteiger partial charge in [-0.15, -0.1) is 0 Å². The number of hydrogen-bond donors (Lipinski definition) is 2. The predicted molar refractivity (Wildman–Crippen MR) is 105 cm³/mol. The zero-order valence-corrected chi connectivity index (χ0v) is 16.1. The first kappa shape index (κ1) is 20.3. The average Bonchev–Trinajstić information content (AvgIpc) is 2.63. The Bertz CT molecular complexity index is 801. The molecule has 0 heterocycles. The molecule has 0 saturated carbocycles. The number of sulfonamides is 1. The first-order chi connectivity index (χ1) is 12.5. The van der Waals surface area contributed by atoms with E-state index in [4.69, 9.17) is 4.74 Å². The molecule has 0 aromatic heterocycles. The molecule has 0 amide bonds. The molecule has 2 aromatic carbocycles. The topological polar surface area (TPSA) is 67.4 Å². The third-order valence-electron chi connectivity index (χ3n) is 3.78. The molecule has 2 N–H and O–H groups in total. The lowest BCUT2D eigenvalue weighted by Gasteiger charge is -2.08. The van der Waals surface area contributed by atoms with Crippen LogP contribution in [0.3, 0.4) is 0 Å². The van der Waals surface area contributed by atoms with Crippen LogP contribution in [0, 0.1) is 0 Å². The Morgan fingerprint density at radius 1 is 1.08 bits per heavy atom. The zero-order chi connectivity index (χ0) is 18.8. The Balaban J connectivity index is 1.84. The van der Waals surface area contributed by atoms with E-state index in [9.17, 15) is 8.42 Å². The van der Waals surface area contributed by atoms with E-state index in [1.54, 1.807) is 12.1 Å². The highest BCUT2D eigenvalue weighted by molar-refractivity contribution is 7.89. The van der Waals surface area contributed by atoms with Gasteiger partial charge in [0.1, 0.15) is 0 Å². The van der Waals surface area contributed by atoms with Crippen molar-refractivity contribution in [3.63, 3.8) is 0 Å². The summed E-state index contributed by atoms with van der Waals surface area (Å²) in [6.45, 7) is 4.14. The maximum atomic E-state index is 12.1. The van der Waals surface area contributed by atoms with Gasteiger partial charge >= 0.3 is 0 Å². The average molecular weight is 375 g/mol. The van der Waals surface area contributed by atoms with Gasteiger partial charge in [0.25, 0.3) is 0 Å². The lowest BCUT2D eigenvalue weighted by atomic mass is 10.1. The fourth-order valence-corrected chi connectivity index (χ4v) is 3.45. The van der Waals surface area contributed by atoms with Crippen LogP contribution in [0.1, 0.15) is 18.1 Å². The number of ether oxygens (including phenoxy) is 1. The van der Waals surface area contributed by atoms with Crippen LogP contribution in [0.2, 0.25) is 0 Å². The van der Waals surface area contributed by atoms with E-state index < -0.39 is 10.0 Å². The first-order valence-corrected chi connectivity index (χ1v) is 10.00. The Hall–Kier alpha value is -1.99. The molecule has 0 aliphatic carbocycles. The van der Waals surface area contributed by atoms with Gasteiger partial charge in [-0.05, 0) is 30.2 Å². The SMILES string of the molecule is COCCNS(=O)(=O)c1ccc(CNC/C(C)=C/c2ccccc2)cc1. The van der Waals surface area contributed by atoms with Gasteiger partial charge in [-0.2, -0.15) is 0 Å². The van der Waals surface area contributed by atoms with Crippen molar-refractivity contribution in [3.8, 4) is 0 Å². The number of nitrogens with one attached hydrogen (secondary N) is 2. The predicted octanol–water partition coefficient (Wildman–Crippen LogP) is 2.80. The third-order valence-corrected chi connectivity index (χ3v) is 5.25. The molecular weight excluding hydrogens is 348 g/mol. The van der Waals surface area contributed by atoms with Crippen molar-refractivity contribution < 1.29 is 13.2 Å². The number of benzene rings is 2. The highest BCUT2D eigenvalue weighted by Crippen LogP contribution is 2.11. The molecule has 2 rings (SSSR count). The van der Waals surface area contributed by atoms with Gasteiger partial charge < -0.3 is 10.1 Å². The molecule has 0 spiro atoms. The van der Waals surface area contributed by atoms with Crippen molar-refractivity contribution in [2.45, 2.75) is 18.4 Å². The zero-order valence-electron chi connectivity index (χ0n) is 15.2. The summed E-state index contributed by atoms with van der Waals surface area (Å²) in [4.78, 5) is 0.262. The molecule has 0 unspecified atom stereocenters. The van der Waals surface area contributed by atoms with Crippen LogP contribution in [0.5, 0.6) is 0 Å². The van der Waals surface area contributed by atoms with E-state index in [2.05, 4.69) is 35.2 Å². The Morgan fingerprint density at radius 3 is 2.42 bits per heavy atom. The van der Waals surface area contributed by atoms with Gasteiger partial charge in [0.05, 0.1) is 11.5 Å². The van der Waals surface area contributed by atoms with Gasteiger partial charge in [0.15, 0.2) is 0 Å². The van der Waals surface area contributed by atoms with E-state index >= 15 is 0 Å². The summed E-state index contributed by atoms with van der Waals surface area (Å²) in [6, 6.07) is 17.1. The molecule has 0 bridgehead atoms. The summed E-state index contributed by atoms with van der Waals surface area (Å²) in [5.41, 5.74) is 3.45. The van der Waals surface area contributed by atoms with Crippen molar-refractivity contribution >= 4 is 16.1 Å². The fourth-order valence-electron chi connectivity index (χ4n) is 2.44. The summed E-state index contributed by atoms with van der Waals surface area (Å²) >= 11 is 0. The maximum absolute atomic E-state index is 12.1. The lowest BCUT2D eigenvalue weighted by molar-refractivity contribution is 0.204. The molecule has 140 valence electrons.